The van der Waals surface area contributed by atoms with Crippen molar-refractivity contribution in [3.63, 3.8) is 0 Å². The Labute approximate surface area is 201 Å². The Morgan fingerprint density at radius 3 is 2.21 bits per heavy atom. The van der Waals surface area contributed by atoms with Crippen molar-refractivity contribution in [3.05, 3.63) is 90.3 Å². The van der Waals surface area contributed by atoms with E-state index in [2.05, 4.69) is 26.0 Å². The number of aliphatic hydroxyl groups is 1. The first-order valence-electron chi connectivity index (χ1n) is 11.3. The number of imidazole rings is 1. The van der Waals surface area contributed by atoms with Crippen molar-refractivity contribution in [2.75, 3.05) is 6.26 Å². The van der Waals surface area contributed by atoms with E-state index in [4.69, 9.17) is 4.98 Å². The maximum atomic E-state index is 12.0. The van der Waals surface area contributed by atoms with Gasteiger partial charge in [-0.3, -0.25) is 4.57 Å². The fourth-order valence-electron chi connectivity index (χ4n) is 3.99. The van der Waals surface area contributed by atoms with Crippen molar-refractivity contribution in [1.29, 1.82) is 0 Å². The summed E-state index contributed by atoms with van der Waals surface area (Å²) in [4.78, 5) is 5.13. The number of sulfone groups is 1. The van der Waals surface area contributed by atoms with Crippen LogP contribution in [0, 0.1) is 0 Å². The van der Waals surface area contributed by atoms with Crippen LogP contribution in [0.4, 0.5) is 0 Å². The predicted octanol–water partition coefficient (Wildman–Crippen LogP) is 5.96. The molecule has 0 aliphatic heterocycles. The normalized spacial score (nSPS) is 12.3. The lowest BCUT2D eigenvalue weighted by atomic mass is 9.96. The zero-order valence-electron chi connectivity index (χ0n) is 20.1. The lowest BCUT2D eigenvalue weighted by molar-refractivity contribution is 0.0743. The minimum atomic E-state index is -3.28. The average Bonchev–Trinajstić information content (AvgIpc) is 3.25. The van der Waals surface area contributed by atoms with Crippen molar-refractivity contribution < 1.29 is 13.5 Å². The van der Waals surface area contributed by atoms with Gasteiger partial charge < -0.3 is 5.11 Å². The fourth-order valence-corrected chi connectivity index (χ4v) is 4.65. The van der Waals surface area contributed by atoms with Gasteiger partial charge in [0.1, 0.15) is 11.4 Å². The first kappa shape index (κ1) is 23.9. The van der Waals surface area contributed by atoms with E-state index in [1.807, 2.05) is 53.2 Å². The highest BCUT2D eigenvalue weighted by molar-refractivity contribution is 7.90. The Morgan fingerprint density at radius 1 is 0.912 bits per heavy atom. The van der Waals surface area contributed by atoms with Crippen LogP contribution in [0.5, 0.6) is 0 Å². The van der Waals surface area contributed by atoms with E-state index in [9.17, 15) is 13.5 Å². The molecule has 3 aromatic carbocycles. The molecule has 34 heavy (non-hydrogen) atoms. The van der Waals surface area contributed by atoms with E-state index in [-0.39, 0.29) is 0 Å². The van der Waals surface area contributed by atoms with E-state index in [1.165, 1.54) is 11.8 Å². The third-order valence-electron chi connectivity index (χ3n) is 5.90. The van der Waals surface area contributed by atoms with Crippen LogP contribution in [0.2, 0.25) is 0 Å². The zero-order valence-corrected chi connectivity index (χ0v) is 21.0. The van der Waals surface area contributed by atoms with Crippen LogP contribution in [0.15, 0.2) is 83.9 Å². The second-order valence-corrected chi connectivity index (χ2v) is 11.5. The number of hydrogen-bond donors (Lipinski definition) is 1. The molecule has 4 rings (SSSR count). The molecule has 6 heteroatoms. The molecule has 1 N–H and O–H groups in total. The molecular weight excluding hydrogens is 444 g/mol. The third-order valence-corrected chi connectivity index (χ3v) is 7.01. The van der Waals surface area contributed by atoms with E-state index < -0.39 is 15.4 Å². The fraction of sp³-hybridized carbons (Fsp3) is 0.250. The molecule has 0 atom stereocenters. The van der Waals surface area contributed by atoms with E-state index in [0.717, 1.165) is 28.2 Å². The van der Waals surface area contributed by atoms with Crippen LogP contribution < -0.4 is 0 Å². The number of rotatable bonds is 6. The molecule has 1 aromatic heterocycles. The minimum Gasteiger partial charge on any atom is -0.384 e. The quantitative estimate of drug-likeness (QED) is 0.374. The van der Waals surface area contributed by atoms with Crippen LogP contribution in [0.1, 0.15) is 44.9 Å². The van der Waals surface area contributed by atoms with Crippen molar-refractivity contribution in [3.8, 4) is 28.2 Å². The van der Waals surface area contributed by atoms with Crippen LogP contribution >= 0.6 is 0 Å². The number of benzene rings is 3. The zero-order chi connectivity index (χ0) is 24.7. The molecule has 0 radical (unpaired) electrons. The van der Waals surface area contributed by atoms with Gasteiger partial charge in [-0.2, -0.15) is 0 Å². The van der Waals surface area contributed by atoms with Gasteiger partial charge in [0.25, 0.3) is 0 Å². The highest BCUT2D eigenvalue weighted by atomic mass is 32.2. The molecule has 0 unspecified atom stereocenters. The minimum absolute atomic E-state index is 0.297. The van der Waals surface area contributed by atoms with E-state index >= 15 is 0 Å². The molecule has 0 aliphatic carbocycles. The van der Waals surface area contributed by atoms with Gasteiger partial charge in [0.15, 0.2) is 9.84 Å². The Kier molecular flexibility index (Phi) is 6.23. The largest absolute Gasteiger partial charge is 0.384 e. The van der Waals surface area contributed by atoms with Gasteiger partial charge >= 0.3 is 0 Å². The van der Waals surface area contributed by atoms with Crippen LogP contribution in [0.3, 0.4) is 0 Å². The Bertz CT molecular complexity index is 1430. The van der Waals surface area contributed by atoms with E-state index in [0.29, 0.717) is 16.5 Å². The molecule has 0 saturated carbocycles. The first-order valence-corrected chi connectivity index (χ1v) is 13.2. The Hall–Kier alpha value is -3.22. The summed E-state index contributed by atoms with van der Waals surface area (Å²) >= 11 is 0. The van der Waals surface area contributed by atoms with E-state index in [1.54, 1.807) is 32.0 Å². The molecule has 1 heterocycles. The van der Waals surface area contributed by atoms with Gasteiger partial charge in [-0.1, -0.05) is 62.4 Å². The molecule has 0 bridgehead atoms. The van der Waals surface area contributed by atoms with Crippen LogP contribution in [0.25, 0.3) is 28.2 Å². The maximum Gasteiger partial charge on any atom is 0.175 e. The van der Waals surface area contributed by atoms with Crippen molar-refractivity contribution in [2.24, 2.45) is 0 Å². The third kappa shape index (κ3) is 4.83. The van der Waals surface area contributed by atoms with Gasteiger partial charge in [0.05, 0.1) is 10.6 Å². The highest BCUT2D eigenvalue weighted by Gasteiger charge is 2.24. The molecule has 0 fully saturated rings. The average molecular weight is 475 g/mol. The van der Waals surface area contributed by atoms with Gasteiger partial charge in [-0.05, 0) is 60.7 Å². The second-order valence-electron chi connectivity index (χ2n) is 9.47. The number of nitrogens with zero attached hydrogens (tertiary/aromatic N) is 2. The number of aromatic nitrogens is 2. The topological polar surface area (TPSA) is 72.2 Å². The van der Waals surface area contributed by atoms with Gasteiger partial charge in [0.2, 0.25) is 0 Å². The summed E-state index contributed by atoms with van der Waals surface area (Å²) in [5.41, 5.74) is 4.37. The lowest BCUT2D eigenvalue weighted by Gasteiger charge is -2.14. The van der Waals surface area contributed by atoms with Crippen molar-refractivity contribution in [1.82, 2.24) is 9.55 Å². The van der Waals surface area contributed by atoms with Crippen LogP contribution in [-0.2, 0) is 15.4 Å². The summed E-state index contributed by atoms with van der Waals surface area (Å²) in [6.45, 7) is 7.77. The number of hydrogen-bond acceptors (Lipinski definition) is 4. The molecule has 0 amide bonds. The maximum absolute atomic E-state index is 12.0. The van der Waals surface area contributed by atoms with Gasteiger partial charge in [0, 0.05) is 23.7 Å². The summed E-state index contributed by atoms with van der Waals surface area (Å²) in [5.74, 6) is 1.09. The first-order chi connectivity index (χ1) is 15.9. The molecule has 0 spiro atoms. The predicted molar refractivity (Wildman–Crippen MR) is 137 cm³/mol. The molecule has 0 saturated heterocycles. The smallest absolute Gasteiger partial charge is 0.175 e. The summed E-state index contributed by atoms with van der Waals surface area (Å²) in [7, 11) is -3.28. The highest BCUT2D eigenvalue weighted by Crippen LogP contribution is 2.33. The Balaban J connectivity index is 1.82. The van der Waals surface area contributed by atoms with Crippen molar-refractivity contribution >= 4 is 9.84 Å². The second kappa shape index (κ2) is 8.85. The standard InChI is InChI=1S/C28H30N2O3S/c1-19(2)24-11-6-7-12-25(24)27-29-26(28(3,4)31)18-30(27)22-15-13-20(14-16-22)21-9-8-10-23(17-21)34(5,32)33/h6-19,31H,1-5H3. The van der Waals surface area contributed by atoms with Crippen molar-refractivity contribution in [2.45, 2.75) is 44.1 Å². The summed E-state index contributed by atoms with van der Waals surface area (Å²) in [6.07, 6.45) is 3.09. The Morgan fingerprint density at radius 2 is 1.59 bits per heavy atom. The summed E-state index contributed by atoms with van der Waals surface area (Å²) in [6, 6.07) is 23.1. The summed E-state index contributed by atoms with van der Waals surface area (Å²) < 4.78 is 25.9. The molecule has 5 nitrogen and oxygen atoms in total. The van der Waals surface area contributed by atoms with Crippen LogP contribution in [-0.4, -0.2) is 29.3 Å². The monoisotopic (exact) mass is 474 g/mol. The van der Waals surface area contributed by atoms with Gasteiger partial charge in [-0.15, -0.1) is 0 Å². The molecule has 0 aliphatic rings. The molecule has 4 aromatic rings. The molecular formula is C28H30N2O3S. The summed E-state index contributed by atoms with van der Waals surface area (Å²) in [5, 5.41) is 10.7. The molecule has 176 valence electrons. The SMILES string of the molecule is CC(C)c1ccccc1-c1nc(C(C)(C)O)cn1-c1ccc(-c2cccc(S(C)(=O)=O)c2)cc1. The lowest BCUT2D eigenvalue weighted by Crippen LogP contribution is -2.15. The van der Waals surface area contributed by atoms with Gasteiger partial charge in [-0.25, -0.2) is 13.4 Å².